The van der Waals surface area contributed by atoms with E-state index in [2.05, 4.69) is 91.1 Å². The van der Waals surface area contributed by atoms with Gasteiger partial charge in [0, 0.05) is 18.3 Å². The Bertz CT molecular complexity index is 1500. The van der Waals surface area contributed by atoms with Gasteiger partial charge in [-0.15, -0.1) is 0 Å². The molecule has 0 spiro atoms. The molecule has 2 heterocycles. The van der Waals surface area contributed by atoms with E-state index in [-0.39, 0.29) is 6.04 Å². The van der Waals surface area contributed by atoms with Crippen molar-refractivity contribution in [3.63, 3.8) is 0 Å². The molecular weight excluding hydrogens is 502 g/mol. The lowest BCUT2D eigenvalue weighted by Crippen LogP contribution is -2.12. The number of rotatable bonds is 12. The van der Waals surface area contributed by atoms with Gasteiger partial charge in [-0.25, -0.2) is 9.67 Å². The fourth-order valence-electron chi connectivity index (χ4n) is 6.89. The highest BCUT2D eigenvalue weighted by molar-refractivity contribution is 5.73. The summed E-state index contributed by atoms with van der Waals surface area (Å²) in [6.07, 6.45) is 13.1. The maximum Gasteiger partial charge on any atom is 0.132 e. The van der Waals surface area contributed by atoms with Gasteiger partial charge in [-0.3, -0.25) is 0 Å². The summed E-state index contributed by atoms with van der Waals surface area (Å²) in [6.45, 7) is 6.66. The Labute approximate surface area is 245 Å². The standard InChI is InChI=1S/C36H45N5/c1-5-9-26(17-16-25-14-15-25)30-19-21-34(39-32(30)6-2)40-33-20-18-27-10-8-13-31(35(27)33)28-11-7-12-29(22-28)41-36(37-4)24(3)23-38-41/h7-8,10-13,19,21-23,25-26,33,37H,5-6,9,14-18,20H2,1-4H3,(H,39,40). The molecule has 0 amide bonds. The zero-order chi connectivity index (χ0) is 28.3. The molecule has 5 heteroatoms. The van der Waals surface area contributed by atoms with Crippen LogP contribution in [0.25, 0.3) is 16.8 Å². The summed E-state index contributed by atoms with van der Waals surface area (Å²) >= 11 is 0. The molecule has 1 saturated carbocycles. The second-order valence-corrected chi connectivity index (χ2v) is 12.1. The topological polar surface area (TPSA) is 54.8 Å². The Morgan fingerprint density at radius 3 is 2.63 bits per heavy atom. The third-order valence-electron chi connectivity index (χ3n) is 9.20. The van der Waals surface area contributed by atoms with Gasteiger partial charge in [-0.1, -0.05) is 69.5 Å². The molecule has 6 rings (SSSR count). The molecule has 2 aromatic heterocycles. The first-order valence-electron chi connectivity index (χ1n) is 15.8. The number of hydrogen-bond donors (Lipinski definition) is 2. The number of benzene rings is 2. The van der Waals surface area contributed by atoms with Crippen molar-refractivity contribution < 1.29 is 0 Å². The molecule has 2 aliphatic rings. The van der Waals surface area contributed by atoms with Gasteiger partial charge in [0.25, 0.3) is 0 Å². The van der Waals surface area contributed by atoms with Crippen LogP contribution < -0.4 is 10.6 Å². The number of pyridine rings is 1. The van der Waals surface area contributed by atoms with E-state index in [0.29, 0.717) is 5.92 Å². The number of hydrogen-bond acceptors (Lipinski definition) is 4. The highest BCUT2D eigenvalue weighted by Gasteiger charge is 2.27. The largest absolute Gasteiger partial charge is 0.373 e. The molecule has 2 aliphatic carbocycles. The fraction of sp³-hybridized carbons (Fsp3) is 0.444. The van der Waals surface area contributed by atoms with Gasteiger partial charge >= 0.3 is 0 Å². The van der Waals surface area contributed by atoms with E-state index in [9.17, 15) is 0 Å². The van der Waals surface area contributed by atoms with E-state index in [4.69, 9.17) is 4.98 Å². The molecular formula is C36H45N5. The van der Waals surface area contributed by atoms with Gasteiger partial charge in [0.1, 0.15) is 11.6 Å². The second-order valence-electron chi connectivity index (χ2n) is 12.1. The number of aryl methyl sites for hydroxylation is 3. The molecule has 5 nitrogen and oxygen atoms in total. The lowest BCUT2D eigenvalue weighted by molar-refractivity contribution is 0.519. The Morgan fingerprint density at radius 1 is 1.00 bits per heavy atom. The summed E-state index contributed by atoms with van der Waals surface area (Å²) in [5.41, 5.74) is 10.3. The summed E-state index contributed by atoms with van der Waals surface area (Å²) < 4.78 is 1.99. The van der Waals surface area contributed by atoms with Crippen molar-refractivity contribution in [2.75, 3.05) is 17.7 Å². The fourth-order valence-corrected chi connectivity index (χ4v) is 6.89. The molecule has 2 aromatic carbocycles. The zero-order valence-electron chi connectivity index (χ0n) is 25.2. The summed E-state index contributed by atoms with van der Waals surface area (Å²) in [6, 6.07) is 20.4. The van der Waals surface area contributed by atoms with Gasteiger partial charge in [-0.2, -0.15) is 5.10 Å². The zero-order valence-corrected chi connectivity index (χ0v) is 25.2. The van der Waals surface area contributed by atoms with E-state index < -0.39 is 0 Å². The third kappa shape index (κ3) is 5.77. The van der Waals surface area contributed by atoms with Crippen LogP contribution in [0.5, 0.6) is 0 Å². The van der Waals surface area contributed by atoms with Gasteiger partial charge < -0.3 is 10.6 Å². The van der Waals surface area contributed by atoms with Crippen molar-refractivity contribution in [3.05, 3.63) is 88.7 Å². The minimum atomic E-state index is 0.244. The highest BCUT2D eigenvalue weighted by Crippen LogP contribution is 2.42. The van der Waals surface area contributed by atoms with Crippen molar-refractivity contribution >= 4 is 11.6 Å². The van der Waals surface area contributed by atoms with Crippen molar-refractivity contribution in [1.82, 2.24) is 14.8 Å². The summed E-state index contributed by atoms with van der Waals surface area (Å²) in [5.74, 6) is 3.66. The predicted molar refractivity (Wildman–Crippen MR) is 171 cm³/mol. The lowest BCUT2D eigenvalue weighted by atomic mass is 9.87. The first kappa shape index (κ1) is 27.6. The number of fused-ring (bicyclic) bond motifs is 1. The molecule has 0 radical (unpaired) electrons. The molecule has 4 aromatic rings. The SMILES string of the molecule is CCCC(CCC1CC1)c1ccc(NC2CCc3cccc(-c4cccc(-n5ncc(C)c5NC)c4)c32)nc1CC. The van der Waals surface area contributed by atoms with Crippen LogP contribution in [0.2, 0.25) is 0 Å². The monoisotopic (exact) mass is 547 g/mol. The molecule has 41 heavy (non-hydrogen) atoms. The summed E-state index contributed by atoms with van der Waals surface area (Å²) in [5, 5.41) is 11.8. The van der Waals surface area contributed by atoms with Gasteiger partial charge in [-0.05, 0) is 103 Å². The average molecular weight is 548 g/mol. The first-order valence-corrected chi connectivity index (χ1v) is 15.8. The molecule has 1 fully saturated rings. The van der Waals surface area contributed by atoms with Crippen molar-refractivity contribution in [3.8, 4) is 16.8 Å². The Morgan fingerprint density at radius 2 is 1.85 bits per heavy atom. The van der Waals surface area contributed by atoms with Gasteiger partial charge in [0.05, 0.1) is 17.9 Å². The van der Waals surface area contributed by atoms with Crippen LogP contribution in [0, 0.1) is 12.8 Å². The summed E-state index contributed by atoms with van der Waals surface area (Å²) in [4.78, 5) is 5.22. The Hall–Kier alpha value is -3.60. The number of nitrogens with zero attached hydrogens (tertiary/aromatic N) is 3. The van der Waals surface area contributed by atoms with Crippen LogP contribution in [0.15, 0.2) is 60.8 Å². The molecule has 214 valence electrons. The summed E-state index contributed by atoms with van der Waals surface area (Å²) in [7, 11) is 1.95. The first-order chi connectivity index (χ1) is 20.1. The van der Waals surface area contributed by atoms with Crippen LogP contribution in [0.3, 0.4) is 0 Å². The smallest absolute Gasteiger partial charge is 0.132 e. The number of nitrogens with one attached hydrogen (secondary N) is 2. The predicted octanol–water partition coefficient (Wildman–Crippen LogP) is 9.02. The number of aromatic nitrogens is 3. The minimum absolute atomic E-state index is 0.244. The average Bonchev–Trinajstić information content (AvgIpc) is 3.63. The molecule has 2 atom stereocenters. The van der Waals surface area contributed by atoms with Crippen LogP contribution in [0.4, 0.5) is 11.6 Å². The normalized spacial score (nSPS) is 16.9. The maximum atomic E-state index is 5.22. The van der Waals surface area contributed by atoms with Crippen LogP contribution in [0.1, 0.15) is 98.7 Å². The van der Waals surface area contributed by atoms with E-state index in [1.54, 1.807) is 0 Å². The maximum absolute atomic E-state index is 5.22. The van der Waals surface area contributed by atoms with Gasteiger partial charge in [0.15, 0.2) is 0 Å². The molecule has 2 unspecified atom stereocenters. The van der Waals surface area contributed by atoms with Crippen LogP contribution in [-0.2, 0) is 12.8 Å². The highest BCUT2D eigenvalue weighted by atomic mass is 15.3. The van der Waals surface area contributed by atoms with E-state index in [1.165, 1.54) is 72.0 Å². The third-order valence-corrected chi connectivity index (χ3v) is 9.20. The molecule has 0 aliphatic heterocycles. The number of anilines is 2. The molecule has 2 N–H and O–H groups in total. The minimum Gasteiger partial charge on any atom is -0.373 e. The quantitative estimate of drug-likeness (QED) is 0.186. The molecule has 0 saturated heterocycles. The van der Waals surface area contributed by atoms with Crippen molar-refractivity contribution in [1.29, 1.82) is 0 Å². The Kier molecular flexibility index (Phi) is 8.13. The van der Waals surface area contributed by atoms with Gasteiger partial charge in [0.2, 0.25) is 0 Å². The Balaban J connectivity index is 1.28. The van der Waals surface area contributed by atoms with Crippen LogP contribution >= 0.6 is 0 Å². The molecule has 0 bridgehead atoms. The van der Waals surface area contributed by atoms with Crippen molar-refractivity contribution in [2.45, 2.75) is 90.5 Å². The van der Waals surface area contributed by atoms with E-state index in [0.717, 1.165) is 48.1 Å². The van der Waals surface area contributed by atoms with E-state index in [1.807, 2.05) is 17.9 Å². The second kappa shape index (κ2) is 12.1. The lowest BCUT2D eigenvalue weighted by Gasteiger charge is -2.22. The van der Waals surface area contributed by atoms with E-state index >= 15 is 0 Å². The van der Waals surface area contributed by atoms with Crippen LogP contribution in [-0.4, -0.2) is 21.8 Å². The van der Waals surface area contributed by atoms with Crippen molar-refractivity contribution in [2.24, 2.45) is 5.92 Å².